The summed E-state index contributed by atoms with van der Waals surface area (Å²) in [6.07, 6.45) is 1.73. The Morgan fingerprint density at radius 1 is 1.15 bits per heavy atom. The summed E-state index contributed by atoms with van der Waals surface area (Å²) in [7, 11) is 0. The molecule has 9 heteroatoms. The van der Waals surface area contributed by atoms with E-state index < -0.39 is 0 Å². The predicted molar refractivity (Wildman–Crippen MR) is 114 cm³/mol. The highest BCUT2D eigenvalue weighted by Gasteiger charge is 2.12. The van der Waals surface area contributed by atoms with E-state index in [1.807, 2.05) is 24.3 Å². The van der Waals surface area contributed by atoms with Gasteiger partial charge in [-0.3, -0.25) is 4.68 Å². The lowest BCUT2D eigenvalue weighted by atomic mass is 10.2. The zero-order valence-corrected chi connectivity index (χ0v) is 17.9. The van der Waals surface area contributed by atoms with E-state index >= 15 is 0 Å². The first kappa shape index (κ1) is 19.3. The molecule has 2 aromatic carbocycles. The van der Waals surface area contributed by atoms with Crippen LogP contribution in [0.5, 0.6) is 0 Å². The Morgan fingerprint density at radius 3 is 2.58 bits per heavy atom. The molecule has 0 radical (unpaired) electrons. The van der Waals surface area contributed by atoms with Gasteiger partial charge in [-0.05, 0) is 64.5 Å². The van der Waals surface area contributed by atoms with E-state index in [0.29, 0.717) is 26.0 Å². The van der Waals surface area contributed by atoms with Crippen LogP contribution in [0.15, 0.2) is 57.6 Å². The minimum absolute atomic E-state index is 0.207. The zero-order chi connectivity index (χ0) is 18.7. The Morgan fingerprint density at radius 2 is 1.88 bits per heavy atom. The van der Waals surface area contributed by atoms with Crippen molar-refractivity contribution in [3.8, 4) is 0 Å². The van der Waals surface area contributed by atoms with Gasteiger partial charge in [0.15, 0.2) is 10.9 Å². The van der Waals surface area contributed by atoms with Crippen LogP contribution in [-0.2, 0) is 6.54 Å². The average molecular weight is 519 g/mol. The smallest absolute Gasteiger partial charge is 0.176 e. The van der Waals surface area contributed by atoms with Crippen molar-refractivity contribution in [2.45, 2.75) is 6.54 Å². The number of aromatic nitrogens is 2. The Bertz CT molecular complexity index is 926. The SMILES string of the molecule is Fc1cccc(Cl)c1Cn1cc(Br)c(NC(=S)Nc2ccc(Br)cc2)n1. The van der Waals surface area contributed by atoms with Gasteiger partial charge < -0.3 is 10.6 Å². The lowest BCUT2D eigenvalue weighted by molar-refractivity contribution is 0.586. The van der Waals surface area contributed by atoms with Gasteiger partial charge in [0, 0.05) is 26.9 Å². The van der Waals surface area contributed by atoms with Gasteiger partial charge in [0.25, 0.3) is 0 Å². The number of halogens is 4. The van der Waals surface area contributed by atoms with Crippen LogP contribution in [0.3, 0.4) is 0 Å². The molecule has 2 N–H and O–H groups in total. The van der Waals surface area contributed by atoms with E-state index in [1.165, 1.54) is 6.07 Å². The van der Waals surface area contributed by atoms with E-state index in [-0.39, 0.29) is 12.4 Å². The fraction of sp³-hybridized carbons (Fsp3) is 0.0588. The van der Waals surface area contributed by atoms with Crippen molar-refractivity contribution in [3.63, 3.8) is 0 Å². The van der Waals surface area contributed by atoms with Crippen molar-refractivity contribution in [3.05, 3.63) is 74.0 Å². The van der Waals surface area contributed by atoms with Gasteiger partial charge in [-0.1, -0.05) is 33.6 Å². The number of anilines is 2. The van der Waals surface area contributed by atoms with E-state index in [9.17, 15) is 4.39 Å². The van der Waals surface area contributed by atoms with Gasteiger partial charge in [-0.2, -0.15) is 5.10 Å². The molecule has 0 spiro atoms. The second-order valence-electron chi connectivity index (χ2n) is 5.31. The van der Waals surface area contributed by atoms with Gasteiger partial charge in [0.1, 0.15) is 5.82 Å². The largest absolute Gasteiger partial charge is 0.332 e. The maximum absolute atomic E-state index is 13.9. The molecule has 1 heterocycles. The van der Waals surface area contributed by atoms with Crippen LogP contribution in [0, 0.1) is 5.82 Å². The number of nitrogens with one attached hydrogen (secondary N) is 2. The minimum Gasteiger partial charge on any atom is -0.332 e. The van der Waals surface area contributed by atoms with E-state index in [2.05, 4.69) is 47.6 Å². The predicted octanol–water partition coefficient (Wildman–Crippen LogP) is 6.06. The van der Waals surface area contributed by atoms with Crippen LogP contribution in [-0.4, -0.2) is 14.9 Å². The van der Waals surface area contributed by atoms with Crippen LogP contribution in [0.2, 0.25) is 5.02 Å². The first-order valence-corrected chi connectivity index (χ1v) is 9.79. The quantitative estimate of drug-likeness (QED) is 0.412. The third kappa shape index (κ3) is 4.82. The monoisotopic (exact) mass is 516 g/mol. The lowest BCUT2D eigenvalue weighted by Crippen LogP contribution is -2.19. The Kier molecular flexibility index (Phi) is 6.29. The number of nitrogens with zero attached hydrogens (tertiary/aromatic N) is 2. The Labute approximate surface area is 177 Å². The lowest BCUT2D eigenvalue weighted by Gasteiger charge is -2.09. The molecule has 0 aliphatic heterocycles. The molecule has 0 atom stereocenters. The molecular weight excluding hydrogens is 507 g/mol. The van der Waals surface area contributed by atoms with Crippen molar-refractivity contribution >= 4 is 72.3 Å². The summed E-state index contributed by atoms with van der Waals surface area (Å²) in [6.45, 7) is 0.207. The molecule has 0 fully saturated rings. The van der Waals surface area contributed by atoms with Crippen molar-refractivity contribution in [1.29, 1.82) is 0 Å². The summed E-state index contributed by atoms with van der Waals surface area (Å²) in [5, 5.41) is 11.2. The highest BCUT2D eigenvalue weighted by molar-refractivity contribution is 9.10. The molecule has 0 saturated carbocycles. The molecule has 26 heavy (non-hydrogen) atoms. The normalized spacial score (nSPS) is 10.6. The van der Waals surface area contributed by atoms with Crippen molar-refractivity contribution in [2.24, 2.45) is 0 Å². The van der Waals surface area contributed by atoms with Gasteiger partial charge in [0.2, 0.25) is 0 Å². The van der Waals surface area contributed by atoms with Crippen LogP contribution in [0.1, 0.15) is 5.56 Å². The summed E-state index contributed by atoms with van der Waals surface area (Å²) in [5.41, 5.74) is 1.23. The maximum Gasteiger partial charge on any atom is 0.176 e. The summed E-state index contributed by atoms with van der Waals surface area (Å²) >= 11 is 18.2. The first-order chi connectivity index (χ1) is 12.4. The fourth-order valence-electron chi connectivity index (χ4n) is 2.21. The Balaban J connectivity index is 1.70. The number of hydrogen-bond donors (Lipinski definition) is 2. The summed E-state index contributed by atoms with van der Waals surface area (Å²) in [4.78, 5) is 0. The number of benzene rings is 2. The van der Waals surface area contributed by atoms with Crippen LogP contribution >= 0.6 is 55.7 Å². The van der Waals surface area contributed by atoms with E-state index in [4.69, 9.17) is 23.8 Å². The first-order valence-electron chi connectivity index (χ1n) is 7.42. The third-order valence-electron chi connectivity index (χ3n) is 3.43. The van der Waals surface area contributed by atoms with Gasteiger partial charge in [-0.25, -0.2) is 4.39 Å². The van der Waals surface area contributed by atoms with E-state index in [0.717, 1.165) is 10.2 Å². The highest BCUT2D eigenvalue weighted by atomic mass is 79.9. The van der Waals surface area contributed by atoms with Crippen LogP contribution in [0.4, 0.5) is 15.9 Å². The second-order valence-corrected chi connectivity index (χ2v) is 7.89. The molecule has 0 aliphatic carbocycles. The third-order valence-corrected chi connectivity index (χ3v) is 5.10. The molecular formula is C17H12Br2ClFN4S. The molecule has 134 valence electrons. The van der Waals surface area contributed by atoms with Crippen LogP contribution in [0.25, 0.3) is 0 Å². The van der Waals surface area contributed by atoms with Crippen molar-refractivity contribution in [2.75, 3.05) is 10.6 Å². The molecule has 4 nitrogen and oxygen atoms in total. The minimum atomic E-state index is -0.369. The zero-order valence-electron chi connectivity index (χ0n) is 13.1. The highest BCUT2D eigenvalue weighted by Crippen LogP contribution is 2.24. The number of rotatable bonds is 4. The van der Waals surface area contributed by atoms with Crippen molar-refractivity contribution in [1.82, 2.24) is 9.78 Å². The van der Waals surface area contributed by atoms with Gasteiger partial charge >= 0.3 is 0 Å². The summed E-state index contributed by atoms with van der Waals surface area (Å²) in [5.74, 6) is 0.151. The second kappa shape index (κ2) is 8.47. The van der Waals surface area contributed by atoms with Crippen LogP contribution < -0.4 is 10.6 Å². The topological polar surface area (TPSA) is 41.9 Å². The number of hydrogen-bond acceptors (Lipinski definition) is 2. The number of thiocarbonyl (C=S) groups is 1. The average Bonchev–Trinajstić information content (AvgIpc) is 2.93. The van der Waals surface area contributed by atoms with Crippen molar-refractivity contribution < 1.29 is 4.39 Å². The molecule has 0 aliphatic rings. The summed E-state index contributed by atoms with van der Waals surface area (Å²) < 4.78 is 17.2. The van der Waals surface area contributed by atoms with Gasteiger partial charge in [0.05, 0.1) is 11.0 Å². The maximum atomic E-state index is 13.9. The molecule has 0 bridgehead atoms. The molecule has 0 saturated heterocycles. The fourth-order valence-corrected chi connectivity index (χ4v) is 3.33. The van der Waals surface area contributed by atoms with Gasteiger partial charge in [-0.15, -0.1) is 0 Å². The molecule has 3 rings (SSSR count). The Hall–Kier alpha value is -1.48. The standard InChI is InChI=1S/C17H12Br2ClFN4S/c18-10-4-6-11(7-5-10)22-17(26)23-16-13(19)9-25(24-16)8-12-14(20)2-1-3-15(12)21/h1-7,9H,8H2,(H2,22,23,24,26). The molecule has 1 aromatic heterocycles. The molecule has 0 unspecified atom stereocenters. The molecule has 0 amide bonds. The molecule has 3 aromatic rings. The van der Waals surface area contributed by atoms with E-state index in [1.54, 1.807) is 23.0 Å². The summed E-state index contributed by atoms with van der Waals surface area (Å²) in [6, 6.07) is 12.2.